The predicted molar refractivity (Wildman–Crippen MR) is 78.9 cm³/mol. The van der Waals surface area contributed by atoms with Gasteiger partial charge in [0.2, 0.25) is 5.82 Å². The number of nitrogens with zero attached hydrogens (tertiary/aromatic N) is 3. The van der Waals surface area contributed by atoms with Gasteiger partial charge in [0, 0.05) is 28.8 Å². The van der Waals surface area contributed by atoms with E-state index in [0.717, 1.165) is 23.0 Å². The maximum Gasteiger partial charge on any atom is 0.305 e. The molecule has 0 saturated carbocycles. The lowest BCUT2D eigenvalue weighted by Gasteiger charge is -2.07. The molecule has 2 rings (SSSR count). The van der Waals surface area contributed by atoms with Crippen LogP contribution in [0.25, 0.3) is 0 Å². The van der Waals surface area contributed by atoms with E-state index < -0.39 is 16.4 Å². The third-order valence-corrected chi connectivity index (χ3v) is 4.12. The molecule has 0 atom stereocenters. The normalized spacial score (nSPS) is 10.7. The Balaban J connectivity index is 2.21. The lowest BCUT2D eigenvalue weighted by atomic mass is 10.2. The number of nitro benzene ring substituents is 1. The van der Waals surface area contributed by atoms with Crippen molar-refractivity contribution in [3.63, 3.8) is 0 Å². The topological polar surface area (TPSA) is 68.9 Å². The molecule has 110 valence electrons. The molecule has 0 saturated heterocycles. The summed E-state index contributed by atoms with van der Waals surface area (Å²) < 4.78 is 14.0. The smallest absolute Gasteiger partial charge is 0.258 e. The summed E-state index contributed by atoms with van der Waals surface area (Å²) in [6.07, 6.45) is 0. The van der Waals surface area contributed by atoms with Gasteiger partial charge in [-0.25, -0.2) is 9.97 Å². The van der Waals surface area contributed by atoms with E-state index in [1.54, 1.807) is 0 Å². The lowest BCUT2D eigenvalue weighted by molar-refractivity contribution is -0.387. The highest BCUT2D eigenvalue weighted by atomic mass is 32.2. The molecule has 5 nitrogen and oxygen atoms in total. The van der Waals surface area contributed by atoms with Crippen LogP contribution in [-0.2, 0) is 5.75 Å². The molecule has 0 aliphatic rings. The van der Waals surface area contributed by atoms with E-state index in [1.807, 2.05) is 20.8 Å². The summed E-state index contributed by atoms with van der Waals surface area (Å²) in [6, 6.07) is 4.16. The van der Waals surface area contributed by atoms with Gasteiger partial charge >= 0.3 is 5.69 Å². The second-order valence-corrected chi connectivity index (χ2v) is 5.54. The summed E-state index contributed by atoms with van der Waals surface area (Å²) in [5, 5.41) is 11.3. The number of halogens is 1. The van der Waals surface area contributed by atoms with Gasteiger partial charge in [-0.1, -0.05) is 23.9 Å². The molecule has 7 heteroatoms. The Morgan fingerprint density at radius 1 is 1.24 bits per heavy atom. The third kappa shape index (κ3) is 3.36. The van der Waals surface area contributed by atoms with Crippen molar-refractivity contribution in [3.8, 4) is 0 Å². The molecule has 1 aromatic carbocycles. The van der Waals surface area contributed by atoms with E-state index in [4.69, 9.17) is 0 Å². The molecule has 0 unspecified atom stereocenters. The van der Waals surface area contributed by atoms with Crippen molar-refractivity contribution in [2.45, 2.75) is 31.7 Å². The van der Waals surface area contributed by atoms with Crippen molar-refractivity contribution >= 4 is 17.4 Å². The van der Waals surface area contributed by atoms with Crippen LogP contribution in [0.5, 0.6) is 0 Å². The largest absolute Gasteiger partial charge is 0.305 e. The van der Waals surface area contributed by atoms with Gasteiger partial charge < -0.3 is 0 Å². The zero-order valence-electron chi connectivity index (χ0n) is 11.9. The monoisotopic (exact) mass is 307 g/mol. The molecule has 1 aromatic heterocycles. The van der Waals surface area contributed by atoms with E-state index in [0.29, 0.717) is 5.16 Å². The van der Waals surface area contributed by atoms with Gasteiger partial charge in [0.1, 0.15) is 0 Å². The molecule has 0 fully saturated rings. The van der Waals surface area contributed by atoms with Gasteiger partial charge in [0.05, 0.1) is 4.92 Å². The lowest BCUT2D eigenvalue weighted by Crippen LogP contribution is -1.99. The van der Waals surface area contributed by atoms with Crippen LogP contribution in [0.2, 0.25) is 0 Å². The van der Waals surface area contributed by atoms with Crippen LogP contribution in [0.15, 0.2) is 23.4 Å². The van der Waals surface area contributed by atoms with Crippen LogP contribution in [0.4, 0.5) is 10.1 Å². The summed E-state index contributed by atoms with van der Waals surface area (Å²) in [7, 11) is 0. The molecule has 0 spiro atoms. The molecule has 0 radical (unpaired) electrons. The Hall–Kier alpha value is -2.02. The average Bonchev–Trinajstić information content (AvgIpc) is 2.43. The van der Waals surface area contributed by atoms with Gasteiger partial charge in [-0.3, -0.25) is 10.1 Å². The fraction of sp³-hybridized carbons (Fsp3) is 0.286. The highest BCUT2D eigenvalue weighted by molar-refractivity contribution is 7.98. The Kier molecular flexibility index (Phi) is 4.52. The Morgan fingerprint density at radius 3 is 2.43 bits per heavy atom. The van der Waals surface area contributed by atoms with Crippen molar-refractivity contribution < 1.29 is 9.31 Å². The van der Waals surface area contributed by atoms with Crippen molar-refractivity contribution in [2.24, 2.45) is 0 Å². The van der Waals surface area contributed by atoms with Crippen LogP contribution < -0.4 is 0 Å². The first-order valence-electron chi connectivity index (χ1n) is 6.26. The van der Waals surface area contributed by atoms with Gasteiger partial charge in [-0.2, -0.15) is 4.39 Å². The van der Waals surface area contributed by atoms with E-state index in [2.05, 4.69) is 9.97 Å². The molecule has 21 heavy (non-hydrogen) atoms. The predicted octanol–water partition coefficient (Wildman–Crippen LogP) is 3.74. The van der Waals surface area contributed by atoms with Gasteiger partial charge in [-0.05, 0) is 26.3 Å². The highest BCUT2D eigenvalue weighted by Gasteiger charge is 2.17. The maximum atomic E-state index is 14.0. The number of aryl methyl sites for hydroxylation is 2. The minimum atomic E-state index is -0.796. The first-order chi connectivity index (χ1) is 9.90. The molecule has 2 aromatic rings. The minimum Gasteiger partial charge on any atom is -0.258 e. The Bertz CT molecular complexity index is 684. The molecular formula is C14H14FN3O2S. The highest BCUT2D eigenvalue weighted by Crippen LogP contribution is 2.26. The van der Waals surface area contributed by atoms with Crippen LogP contribution in [-0.4, -0.2) is 14.9 Å². The Morgan fingerprint density at radius 2 is 1.86 bits per heavy atom. The Labute approximate surface area is 125 Å². The van der Waals surface area contributed by atoms with Gasteiger partial charge in [-0.15, -0.1) is 0 Å². The van der Waals surface area contributed by atoms with Crippen molar-refractivity contribution in [3.05, 3.63) is 56.6 Å². The second kappa shape index (κ2) is 6.17. The number of aromatic nitrogens is 2. The van der Waals surface area contributed by atoms with Crippen LogP contribution in [0.3, 0.4) is 0 Å². The van der Waals surface area contributed by atoms with E-state index in [9.17, 15) is 14.5 Å². The second-order valence-electron chi connectivity index (χ2n) is 4.60. The van der Waals surface area contributed by atoms with E-state index >= 15 is 0 Å². The number of hydrogen-bond acceptors (Lipinski definition) is 5. The molecule has 0 N–H and O–H groups in total. The molecule has 0 aliphatic carbocycles. The molecule has 0 aliphatic heterocycles. The fourth-order valence-corrected chi connectivity index (χ4v) is 2.68. The first-order valence-corrected chi connectivity index (χ1v) is 7.25. The number of rotatable bonds is 4. The van der Waals surface area contributed by atoms with Gasteiger partial charge in [0.15, 0.2) is 5.16 Å². The number of thioether (sulfide) groups is 1. The zero-order valence-corrected chi connectivity index (χ0v) is 12.7. The third-order valence-electron chi connectivity index (χ3n) is 3.22. The van der Waals surface area contributed by atoms with Crippen molar-refractivity contribution in [2.75, 3.05) is 0 Å². The van der Waals surface area contributed by atoms with Crippen LogP contribution in [0.1, 0.15) is 22.5 Å². The number of hydrogen-bond donors (Lipinski definition) is 0. The molecular weight excluding hydrogens is 293 g/mol. The maximum absolute atomic E-state index is 14.0. The number of benzene rings is 1. The van der Waals surface area contributed by atoms with Crippen molar-refractivity contribution in [1.82, 2.24) is 9.97 Å². The minimum absolute atomic E-state index is 0.245. The van der Waals surface area contributed by atoms with Crippen LogP contribution >= 0.6 is 11.8 Å². The number of nitro groups is 1. The summed E-state index contributed by atoms with van der Waals surface area (Å²) in [5.74, 6) is -0.550. The fourth-order valence-electron chi connectivity index (χ4n) is 1.77. The van der Waals surface area contributed by atoms with E-state index in [-0.39, 0.29) is 11.3 Å². The average molecular weight is 307 g/mol. The zero-order chi connectivity index (χ0) is 15.6. The quantitative estimate of drug-likeness (QED) is 0.372. The molecule has 0 bridgehead atoms. The van der Waals surface area contributed by atoms with Crippen LogP contribution in [0, 0.1) is 36.7 Å². The van der Waals surface area contributed by atoms with Gasteiger partial charge in [0.25, 0.3) is 0 Å². The summed E-state index contributed by atoms with van der Waals surface area (Å²) >= 11 is 1.26. The molecule has 0 amide bonds. The van der Waals surface area contributed by atoms with Crippen molar-refractivity contribution in [1.29, 1.82) is 0 Å². The SMILES string of the molecule is Cc1nc(SCc2cccc([N+](=O)[O-])c2F)nc(C)c1C. The first kappa shape index (κ1) is 15.4. The van der Waals surface area contributed by atoms with E-state index in [1.165, 1.54) is 23.9 Å². The molecule has 1 heterocycles. The summed E-state index contributed by atoms with van der Waals surface area (Å²) in [5.41, 5.74) is 2.55. The standard InChI is InChI=1S/C14H14FN3O2S/c1-8-9(2)16-14(17-10(8)3)21-7-11-5-4-6-12(13(11)15)18(19)20/h4-6H,7H2,1-3H3. The summed E-state index contributed by atoms with van der Waals surface area (Å²) in [4.78, 5) is 18.6. The summed E-state index contributed by atoms with van der Waals surface area (Å²) in [6.45, 7) is 5.73.